The van der Waals surface area contributed by atoms with E-state index in [0.717, 1.165) is 0 Å². The van der Waals surface area contributed by atoms with Gasteiger partial charge in [0.25, 0.3) is 0 Å². The monoisotopic (exact) mass is 410 g/mol. The third kappa shape index (κ3) is 4.81. The Balaban J connectivity index is 2.24. The second kappa shape index (κ2) is 6.48. The highest BCUT2D eigenvalue weighted by atomic mass is 79.9. The number of rotatable bonds is 4. The average molecular weight is 412 g/mol. The van der Waals surface area contributed by atoms with Gasteiger partial charge in [0.2, 0.25) is 5.43 Å². The van der Waals surface area contributed by atoms with E-state index in [2.05, 4.69) is 26.1 Å². The van der Waals surface area contributed by atoms with Crippen LogP contribution in [0.2, 0.25) is 10.0 Å². The molecule has 0 saturated heterocycles. The van der Waals surface area contributed by atoms with Crippen LogP contribution in [0.3, 0.4) is 0 Å². The van der Waals surface area contributed by atoms with Crippen LogP contribution in [0.4, 0.5) is 0 Å². The molecule has 2 rings (SSSR count). The van der Waals surface area contributed by atoms with Gasteiger partial charge in [0.1, 0.15) is 10.3 Å². The lowest BCUT2D eigenvalue weighted by Crippen LogP contribution is -2.18. The first-order chi connectivity index (χ1) is 9.75. The van der Waals surface area contributed by atoms with Gasteiger partial charge in [0, 0.05) is 16.1 Å². The lowest BCUT2D eigenvalue weighted by molar-refractivity contribution is 0.593. The van der Waals surface area contributed by atoms with E-state index in [0.29, 0.717) is 20.2 Å². The maximum atomic E-state index is 12.1. The number of aromatic nitrogens is 2. The first-order valence-electron chi connectivity index (χ1n) is 5.65. The van der Waals surface area contributed by atoms with E-state index in [9.17, 15) is 13.2 Å². The number of sulfone groups is 1. The number of benzene rings is 1. The van der Waals surface area contributed by atoms with Crippen molar-refractivity contribution in [2.75, 3.05) is 0 Å². The highest BCUT2D eigenvalue weighted by Crippen LogP contribution is 2.21. The predicted molar refractivity (Wildman–Crippen MR) is 85.3 cm³/mol. The molecule has 1 aromatic carbocycles. The molecular weight excluding hydrogens is 403 g/mol. The Labute approximate surface area is 139 Å². The Morgan fingerprint density at radius 2 is 1.71 bits per heavy atom. The summed E-state index contributed by atoms with van der Waals surface area (Å²) in [7, 11) is -3.57. The van der Waals surface area contributed by atoms with Crippen LogP contribution in [0.15, 0.2) is 33.7 Å². The van der Waals surface area contributed by atoms with E-state index in [1.807, 2.05) is 0 Å². The van der Waals surface area contributed by atoms with Crippen molar-refractivity contribution in [3.63, 3.8) is 0 Å². The van der Waals surface area contributed by atoms with Gasteiger partial charge in [-0.3, -0.25) is 9.89 Å². The average Bonchev–Trinajstić information content (AvgIpc) is 2.30. The third-order valence-electron chi connectivity index (χ3n) is 2.51. The molecule has 0 unspecified atom stereocenters. The van der Waals surface area contributed by atoms with Crippen molar-refractivity contribution in [1.82, 2.24) is 10.2 Å². The van der Waals surface area contributed by atoms with Crippen molar-refractivity contribution in [1.29, 1.82) is 0 Å². The topological polar surface area (TPSA) is 79.9 Å². The third-order valence-corrected chi connectivity index (χ3v) is 4.83. The van der Waals surface area contributed by atoms with Gasteiger partial charge in [-0.05, 0) is 39.7 Å². The molecule has 112 valence electrons. The molecule has 0 fully saturated rings. The smallest absolute Gasteiger partial charge is 0.205 e. The van der Waals surface area contributed by atoms with Crippen LogP contribution < -0.4 is 5.43 Å². The molecule has 5 nitrogen and oxygen atoms in total. The number of hydrogen-bond acceptors (Lipinski definition) is 4. The van der Waals surface area contributed by atoms with Crippen molar-refractivity contribution < 1.29 is 8.42 Å². The Bertz CT molecular complexity index is 816. The summed E-state index contributed by atoms with van der Waals surface area (Å²) in [6, 6.07) is 5.78. The summed E-state index contributed by atoms with van der Waals surface area (Å²) < 4.78 is 24.7. The van der Waals surface area contributed by atoms with E-state index < -0.39 is 21.0 Å². The predicted octanol–water partition coefficient (Wildman–Crippen LogP) is 2.95. The lowest BCUT2D eigenvalue weighted by atomic mass is 10.2. The van der Waals surface area contributed by atoms with Gasteiger partial charge >= 0.3 is 0 Å². The van der Waals surface area contributed by atoms with Gasteiger partial charge in [-0.1, -0.05) is 23.2 Å². The molecule has 0 aliphatic rings. The number of nitrogens with one attached hydrogen (secondary N) is 1. The minimum Gasteiger partial charge on any atom is -0.288 e. The molecule has 0 atom stereocenters. The van der Waals surface area contributed by atoms with Gasteiger partial charge in [0.05, 0.1) is 11.5 Å². The second-order valence-electron chi connectivity index (χ2n) is 4.34. The van der Waals surface area contributed by atoms with Gasteiger partial charge in [-0.2, -0.15) is 5.10 Å². The largest absolute Gasteiger partial charge is 0.288 e. The Morgan fingerprint density at radius 1 is 1.10 bits per heavy atom. The molecule has 21 heavy (non-hydrogen) atoms. The van der Waals surface area contributed by atoms with E-state index in [1.165, 1.54) is 24.3 Å². The Kier molecular flexibility index (Phi) is 5.08. The summed E-state index contributed by atoms with van der Waals surface area (Å²) in [5.41, 5.74) is -0.0549. The molecule has 1 N–H and O–H groups in total. The summed E-state index contributed by atoms with van der Waals surface area (Å²) in [4.78, 5) is 11.7. The zero-order valence-electron chi connectivity index (χ0n) is 10.4. The van der Waals surface area contributed by atoms with Crippen LogP contribution in [0, 0.1) is 0 Å². The normalized spacial score (nSPS) is 11.6. The molecule has 2 aromatic rings. The van der Waals surface area contributed by atoms with Crippen LogP contribution >= 0.6 is 39.1 Å². The van der Waals surface area contributed by atoms with E-state index in [1.54, 1.807) is 0 Å². The van der Waals surface area contributed by atoms with E-state index in [4.69, 9.17) is 23.2 Å². The zero-order chi connectivity index (χ0) is 15.6. The van der Waals surface area contributed by atoms with Crippen LogP contribution in [0.1, 0.15) is 11.3 Å². The molecular formula is C12H9BrCl2N2O3S. The summed E-state index contributed by atoms with van der Waals surface area (Å²) in [6.07, 6.45) is 0. The summed E-state index contributed by atoms with van der Waals surface area (Å²) in [5, 5.41) is 6.94. The zero-order valence-corrected chi connectivity index (χ0v) is 14.4. The lowest BCUT2D eigenvalue weighted by Gasteiger charge is -2.05. The van der Waals surface area contributed by atoms with Gasteiger partial charge in [-0.25, -0.2) is 8.42 Å². The van der Waals surface area contributed by atoms with Crippen LogP contribution in [0.25, 0.3) is 0 Å². The number of H-pyrrole nitrogens is 1. The molecule has 1 heterocycles. The first-order valence-corrected chi connectivity index (χ1v) is 9.02. The van der Waals surface area contributed by atoms with Crippen LogP contribution in [-0.4, -0.2) is 18.6 Å². The maximum absolute atomic E-state index is 12.1. The second-order valence-corrected chi connectivity index (χ2v) is 8.13. The first kappa shape index (κ1) is 16.5. The molecule has 0 radical (unpaired) electrons. The highest BCUT2D eigenvalue weighted by Gasteiger charge is 2.17. The van der Waals surface area contributed by atoms with Crippen LogP contribution in [-0.2, 0) is 21.3 Å². The minimum absolute atomic E-state index is 0.0636. The molecule has 0 spiro atoms. The number of hydrogen-bond donors (Lipinski definition) is 1. The minimum atomic E-state index is -3.57. The van der Waals surface area contributed by atoms with Crippen molar-refractivity contribution in [3.8, 4) is 0 Å². The van der Waals surface area contributed by atoms with Crippen molar-refractivity contribution >= 4 is 49.0 Å². The highest BCUT2D eigenvalue weighted by molar-refractivity contribution is 9.10. The number of halogens is 3. The summed E-state index contributed by atoms with van der Waals surface area (Å²) >= 11 is 14.7. The summed E-state index contributed by atoms with van der Waals surface area (Å²) in [5.74, 6) is -0.732. The quantitative estimate of drug-likeness (QED) is 0.838. The standard InChI is InChI=1S/C12H9BrCl2N2O3S/c13-12-4-11(18)10(16-17-12)6-21(19,20)5-7-1-8(14)3-9(15)2-7/h1-4H,5-6H2,(H,17,18). The molecule has 9 heteroatoms. The fraction of sp³-hybridized carbons (Fsp3) is 0.167. The van der Waals surface area contributed by atoms with Gasteiger partial charge < -0.3 is 0 Å². The molecule has 0 amide bonds. The molecule has 0 saturated carbocycles. The Hall–Kier alpha value is -0.890. The fourth-order valence-corrected chi connectivity index (χ4v) is 3.99. The maximum Gasteiger partial charge on any atom is 0.205 e. The van der Waals surface area contributed by atoms with Gasteiger partial charge in [-0.15, -0.1) is 0 Å². The van der Waals surface area contributed by atoms with Crippen molar-refractivity contribution in [2.24, 2.45) is 0 Å². The van der Waals surface area contributed by atoms with Crippen molar-refractivity contribution in [3.05, 3.63) is 60.4 Å². The van der Waals surface area contributed by atoms with Crippen LogP contribution in [0.5, 0.6) is 0 Å². The molecule has 1 aromatic heterocycles. The SMILES string of the molecule is O=c1cc(Br)[nH]nc1CS(=O)(=O)Cc1cc(Cl)cc(Cl)c1. The van der Waals surface area contributed by atoms with Gasteiger partial charge in [0.15, 0.2) is 9.84 Å². The van der Waals surface area contributed by atoms with Crippen molar-refractivity contribution in [2.45, 2.75) is 11.5 Å². The Morgan fingerprint density at radius 3 is 2.29 bits per heavy atom. The molecule has 0 aliphatic heterocycles. The molecule has 0 bridgehead atoms. The fourth-order valence-electron chi connectivity index (χ4n) is 1.72. The number of nitrogens with zero attached hydrogens (tertiary/aromatic N) is 1. The van der Waals surface area contributed by atoms with E-state index >= 15 is 0 Å². The molecule has 0 aliphatic carbocycles. The van der Waals surface area contributed by atoms with E-state index in [-0.39, 0.29) is 11.4 Å². The summed E-state index contributed by atoms with van der Waals surface area (Å²) in [6.45, 7) is 0. The number of aromatic amines is 1.